The highest BCUT2D eigenvalue weighted by atomic mass is 35.5. The van der Waals surface area contributed by atoms with E-state index in [1.54, 1.807) is 53.2 Å². The summed E-state index contributed by atoms with van der Waals surface area (Å²) in [5.41, 5.74) is 4.56. The van der Waals surface area contributed by atoms with Gasteiger partial charge < -0.3 is 19.2 Å². The highest BCUT2D eigenvalue weighted by Crippen LogP contribution is 2.30. The van der Waals surface area contributed by atoms with Crippen LogP contribution in [0.5, 0.6) is 0 Å². The van der Waals surface area contributed by atoms with Crippen LogP contribution in [0.3, 0.4) is 0 Å². The summed E-state index contributed by atoms with van der Waals surface area (Å²) in [6.07, 6.45) is 0. The molecule has 0 aliphatic rings. The number of nitrogens with one attached hydrogen (secondary N) is 1. The van der Waals surface area contributed by atoms with E-state index in [-0.39, 0.29) is 11.5 Å². The van der Waals surface area contributed by atoms with Gasteiger partial charge in [0, 0.05) is 23.2 Å². The predicted octanol–water partition coefficient (Wildman–Crippen LogP) is 7.80. The summed E-state index contributed by atoms with van der Waals surface area (Å²) in [5, 5.41) is 8.86. The fourth-order valence-electron chi connectivity index (χ4n) is 4.23. The molecule has 0 amide bonds. The number of halogens is 3. The zero-order chi connectivity index (χ0) is 30.7. The number of benzene rings is 3. The number of carbonyl (C=O) groups is 2. The van der Waals surface area contributed by atoms with Crippen LogP contribution in [0.25, 0.3) is 28.3 Å². The predicted molar refractivity (Wildman–Crippen MR) is 169 cm³/mol. The lowest BCUT2D eigenvalue weighted by atomic mass is 10.1. The zero-order valence-corrected chi connectivity index (χ0v) is 25.8. The molecule has 0 aliphatic carbocycles. The van der Waals surface area contributed by atoms with Gasteiger partial charge in [-0.3, -0.25) is 0 Å². The number of ether oxygens (including phenoxy) is 2. The molecule has 43 heavy (non-hydrogen) atoms. The van der Waals surface area contributed by atoms with Crippen LogP contribution in [0, 0.1) is 0 Å². The van der Waals surface area contributed by atoms with Crippen molar-refractivity contribution in [2.45, 2.75) is 6.54 Å². The van der Waals surface area contributed by atoms with Crippen LogP contribution in [0.4, 0.5) is 0 Å². The molecule has 0 fully saturated rings. The Labute approximate surface area is 267 Å². The van der Waals surface area contributed by atoms with Gasteiger partial charge in [0.2, 0.25) is 5.76 Å². The van der Waals surface area contributed by atoms with Crippen LogP contribution in [0.1, 0.15) is 32.2 Å². The van der Waals surface area contributed by atoms with Crippen LogP contribution < -0.4 is 5.32 Å². The zero-order valence-electron chi connectivity index (χ0n) is 22.7. The largest absolute Gasteiger partial charge is 0.464 e. The van der Waals surface area contributed by atoms with Gasteiger partial charge in [0.15, 0.2) is 5.69 Å². The summed E-state index contributed by atoms with van der Waals surface area (Å²) in [5.74, 6) is -0.540. The minimum absolute atomic E-state index is 0.101. The van der Waals surface area contributed by atoms with Crippen molar-refractivity contribution in [3.63, 3.8) is 0 Å². The number of thiocarbonyl (C=S) groups is 1. The van der Waals surface area contributed by atoms with Crippen molar-refractivity contribution in [1.29, 1.82) is 0 Å². The molecule has 8 nitrogen and oxygen atoms in total. The first kappa shape index (κ1) is 30.3. The molecule has 0 saturated carbocycles. The molecule has 2 heterocycles. The molecule has 5 aromatic rings. The van der Waals surface area contributed by atoms with E-state index in [4.69, 9.17) is 56.2 Å². The number of carbonyl (C=O) groups excluding carboxylic acids is 2. The molecule has 218 valence electrons. The normalized spacial score (nSPS) is 10.8. The molecule has 1 N–H and O–H groups in total. The second-order valence-corrected chi connectivity index (χ2v) is 10.8. The third-order valence-electron chi connectivity index (χ3n) is 6.45. The van der Waals surface area contributed by atoms with Crippen LogP contribution in [0.15, 0.2) is 83.3 Å². The number of esters is 2. The van der Waals surface area contributed by atoms with Gasteiger partial charge in [0.1, 0.15) is 10.7 Å². The lowest BCUT2D eigenvalue weighted by Crippen LogP contribution is -2.22. The molecule has 12 heteroatoms. The third-order valence-corrected chi connectivity index (χ3v) is 7.86. The van der Waals surface area contributed by atoms with E-state index < -0.39 is 11.9 Å². The fraction of sp³-hybridized carbons (Fsp3) is 0.0968. The second kappa shape index (κ2) is 13.0. The minimum Gasteiger partial charge on any atom is -0.464 e. The maximum absolute atomic E-state index is 12.2. The van der Waals surface area contributed by atoms with Gasteiger partial charge in [0.05, 0.1) is 40.7 Å². The number of aromatic nitrogens is 2. The molecule has 0 atom stereocenters. The van der Waals surface area contributed by atoms with Crippen molar-refractivity contribution in [1.82, 2.24) is 15.1 Å². The van der Waals surface area contributed by atoms with E-state index in [0.717, 1.165) is 11.1 Å². The Balaban J connectivity index is 1.31. The number of nitrogens with zero attached hydrogens (tertiary/aromatic N) is 2. The van der Waals surface area contributed by atoms with Gasteiger partial charge in [-0.25, -0.2) is 14.3 Å². The van der Waals surface area contributed by atoms with E-state index in [9.17, 15) is 9.59 Å². The highest BCUT2D eigenvalue weighted by molar-refractivity contribution is 7.80. The Kier molecular flexibility index (Phi) is 9.17. The Hall–Kier alpha value is -4.15. The topological polar surface area (TPSA) is 95.6 Å². The second-order valence-electron chi connectivity index (χ2n) is 9.15. The Morgan fingerprint density at radius 1 is 0.837 bits per heavy atom. The van der Waals surface area contributed by atoms with Gasteiger partial charge in [-0.2, -0.15) is 5.10 Å². The van der Waals surface area contributed by atoms with Crippen LogP contribution in [-0.2, 0) is 16.0 Å². The van der Waals surface area contributed by atoms with Crippen LogP contribution in [0.2, 0.25) is 15.1 Å². The monoisotopic (exact) mass is 653 g/mol. The van der Waals surface area contributed by atoms with Gasteiger partial charge >= 0.3 is 11.9 Å². The maximum Gasteiger partial charge on any atom is 0.373 e. The lowest BCUT2D eigenvalue weighted by molar-refractivity contribution is 0.0564. The van der Waals surface area contributed by atoms with Crippen molar-refractivity contribution < 1.29 is 23.5 Å². The van der Waals surface area contributed by atoms with E-state index in [0.29, 0.717) is 54.9 Å². The van der Waals surface area contributed by atoms with Crippen LogP contribution >= 0.6 is 47.0 Å². The summed E-state index contributed by atoms with van der Waals surface area (Å²) in [6.45, 7) is 0.442. The Morgan fingerprint density at radius 2 is 1.56 bits per heavy atom. The molecular weight excluding hydrogens is 633 g/mol. The highest BCUT2D eigenvalue weighted by Gasteiger charge is 2.18. The SMILES string of the molecule is COC(=O)c1cc(-c2ccc(CNC(=S)c3ccc(-c4ccc(C(=O)OC)o4)cc3Cl)cc2)n(-c2ccc(Cl)c(Cl)c2)n1. The summed E-state index contributed by atoms with van der Waals surface area (Å²) in [6, 6.07) is 23.0. The van der Waals surface area contributed by atoms with Crippen LogP contribution in [-0.4, -0.2) is 40.9 Å². The van der Waals surface area contributed by atoms with E-state index >= 15 is 0 Å². The first-order valence-electron chi connectivity index (χ1n) is 12.7. The van der Waals surface area contributed by atoms with E-state index in [1.165, 1.54) is 14.2 Å². The quantitative estimate of drug-likeness (QED) is 0.134. The summed E-state index contributed by atoms with van der Waals surface area (Å²) in [7, 11) is 2.59. The Bertz CT molecular complexity index is 1850. The average Bonchev–Trinajstić information content (AvgIpc) is 3.69. The molecule has 0 unspecified atom stereocenters. The van der Waals surface area contributed by atoms with E-state index in [2.05, 4.69) is 15.2 Å². The first-order chi connectivity index (χ1) is 20.7. The summed E-state index contributed by atoms with van der Waals surface area (Å²) >= 11 is 24.5. The fourth-order valence-corrected chi connectivity index (χ4v) is 5.10. The van der Waals surface area contributed by atoms with Gasteiger partial charge in [0.25, 0.3) is 0 Å². The average molecular weight is 655 g/mol. The molecule has 0 aliphatic heterocycles. The summed E-state index contributed by atoms with van der Waals surface area (Å²) in [4.78, 5) is 24.4. The number of furan rings is 1. The molecule has 0 radical (unpaired) electrons. The van der Waals surface area contributed by atoms with E-state index in [1.807, 2.05) is 30.3 Å². The van der Waals surface area contributed by atoms with Crippen molar-refractivity contribution in [3.8, 4) is 28.3 Å². The van der Waals surface area contributed by atoms with Gasteiger partial charge in [-0.1, -0.05) is 77.4 Å². The number of hydrogen-bond acceptors (Lipinski definition) is 7. The first-order valence-corrected chi connectivity index (χ1v) is 14.2. The lowest BCUT2D eigenvalue weighted by Gasteiger charge is -2.12. The third kappa shape index (κ3) is 6.60. The molecule has 0 spiro atoms. The molecule has 5 rings (SSSR count). The number of hydrogen-bond donors (Lipinski definition) is 1. The summed E-state index contributed by atoms with van der Waals surface area (Å²) < 4.78 is 16.7. The Morgan fingerprint density at radius 3 is 2.23 bits per heavy atom. The van der Waals surface area contributed by atoms with Gasteiger partial charge in [-0.05, 0) is 54.1 Å². The number of methoxy groups -OCH3 is 2. The van der Waals surface area contributed by atoms with Gasteiger partial charge in [-0.15, -0.1) is 0 Å². The molecule has 0 bridgehead atoms. The number of rotatable bonds is 8. The molecule has 3 aromatic carbocycles. The van der Waals surface area contributed by atoms with Crippen molar-refractivity contribution in [2.24, 2.45) is 0 Å². The maximum atomic E-state index is 12.2. The standard InChI is InChI=1S/C31H22Cl3N3O5S/c1-40-30(38)25-15-26(37(36-25)20-8-10-22(32)24(34)14-20)18-5-3-17(4-6-18)16-35-29(43)21-9-7-19(13-23(21)33)27-11-12-28(42-27)31(39)41-2/h3-15H,16H2,1-2H3,(H,35,43). The van der Waals surface area contributed by atoms with Crippen molar-refractivity contribution >= 4 is 63.9 Å². The molecular formula is C31H22Cl3N3O5S. The molecule has 0 saturated heterocycles. The minimum atomic E-state index is -0.560. The smallest absolute Gasteiger partial charge is 0.373 e. The van der Waals surface area contributed by atoms with Crippen molar-refractivity contribution in [2.75, 3.05) is 14.2 Å². The molecule has 2 aromatic heterocycles. The van der Waals surface area contributed by atoms with Crippen molar-refractivity contribution in [3.05, 3.63) is 117 Å².